The summed E-state index contributed by atoms with van der Waals surface area (Å²) in [6.07, 6.45) is -8.00. The Hall–Kier alpha value is -5.97. The monoisotopic (exact) mass is 899 g/mol. The first-order chi connectivity index (χ1) is 32.3. The van der Waals surface area contributed by atoms with Gasteiger partial charge in [-0.25, -0.2) is 0 Å². The van der Waals surface area contributed by atoms with Gasteiger partial charge in [-0.2, -0.15) is 0 Å². The van der Waals surface area contributed by atoms with Gasteiger partial charge in [-0.1, -0.05) is 157 Å². The van der Waals surface area contributed by atoms with E-state index >= 15 is 0 Å². The van der Waals surface area contributed by atoms with Gasteiger partial charge in [0.05, 0.1) is 52.3 Å². The molecule has 7 rings (SSSR count). The SMILES string of the molecule is CC(=O)N[C@@H]1[C@@H](OCc2ccccc2)[C@H](O[C@@H]2O[C@H](COCc3ccccc3)[C@@H](OCc3ccccc3)[C@H](OCc3ccccc3)[C@H]2NC(C)=O)[C@@H](COCc2ccccc2)O[C@H]1N=[N+]=[N-]. The lowest BCUT2D eigenvalue weighted by atomic mass is 9.93. The molecule has 10 atom stereocenters. The molecule has 2 fully saturated rings. The number of nitrogens with zero attached hydrogens (tertiary/aromatic N) is 3. The fourth-order valence-corrected chi connectivity index (χ4v) is 8.09. The molecule has 0 aliphatic carbocycles. The number of azide groups is 1. The maximum atomic E-state index is 13.3. The highest BCUT2D eigenvalue weighted by molar-refractivity contribution is 5.73. The van der Waals surface area contributed by atoms with Crippen molar-refractivity contribution >= 4 is 11.8 Å². The minimum Gasteiger partial charge on any atom is -0.374 e. The van der Waals surface area contributed by atoms with E-state index in [0.717, 1.165) is 27.8 Å². The molecule has 66 heavy (non-hydrogen) atoms. The van der Waals surface area contributed by atoms with E-state index in [2.05, 4.69) is 20.7 Å². The maximum Gasteiger partial charge on any atom is 0.217 e. The highest BCUT2D eigenvalue weighted by Crippen LogP contribution is 2.35. The van der Waals surface area contributed by atoms with Crippen LogP contribution in [0.1, 0.15) is 41.7 Å². The fourth-order valence-electron chi connectivity index (χ4n) is 8.09. The minimum absolute atomic E-state index is 0.0487. The zero-order chi connectivity index (χ0) is 45.9. The molecule has 0 spiro atoms. The van der Waals surface area contributed by atoms with Crippen LogP contribution in [0.25, 0.3) is 10.4 Å². The molecule has 2 amide bonds. The molecule has 5 aromatic rings. The Kier molecular flexibility index (Phi) is 18.2. The summed E-state index contributed by atoms with van der Waals surface area (Å²) in [4.78, 5) is 29.3. The van der Waals surface area contributed by atoms with Crippen molar-refractivity contribution in [1.82, 2.24) is 10.6 Å². The average molecular weight is 900 g/mol. The van der Waals surface area contributed by atoms with Crippen molar-refractivity contribution in [1.29, 1.82) is 0 Å². The number of benzene rings is 5. The molecule has 2 heterocycles. The van der Waals surface area contributed by atoms with Gasteiger partial charge < -0.3 is 48.5 Å². The Balaban J connectivity index is 1.28. The van der Waals surface area contributed by atoms with Crippen LogP contribution in [0.4, 0.5) is 0 Å². The van der Waals surface area contributed by atoms with Crippen LogP contribution in [0.2, 0.25) is 0 Å². The second kappa shape index (κ2) is 25.1. The lowest BCUT2D eigenvalue weighted by molar-refractivity contribution is -0.329. The van der Waals surface area contributed by atoms with Crippen molar-refractivity contribution in [2.45, 2.75) is 108 Å². The van der Waals surface area contributed by atoms with Crippen LogP contribution in [0.15, 0.2) is 157 Å². The topological polar surface area (TPSA) is 181 Å². The standard InChI is InChI=1S/C51H57N5O10/c1-35(57)53-44-48(62-31-40-24-14-6-15-25-40)47(43(64-50(44)55-56-52)34-60-29-38-20-10-4-11-21-38)66-51-45(54-36(2)58)49(63-32-41-26-16-7-17-27-41)46(61-30-39-22-12-5-13-23-39)42(65-51)33-59-28-37-18-8-3-9-19-37/h3-27,42-51H,28-34H2,1-2H3,(H,53,57)(H,54,58)/t42-,43-,44-,45-,46-,47-,48-,49-,50-,51+/m1/s1. The van der Waals surface area contributed by atoms with Gasteiger partial charge in [0, 0.05) is 18.8 Å². The van der Waals surface area contributed by atoms with Gasteiger partial charge in [0.25, 0.3) is 0 Å². The third-order valence-electron chi connectivity index (χ3n) is 11.2. The average Bonchev–Trinajstić information content (AvgIpc) is 3.33. The molecule has 15 heteroatoms. The van der Waals surface area contributed by atoms with E-state index in [1.165, 1.54) is 13.8 Å². The second-order valence-electron chi connectivity index (χ2n) is 16.2. The van der Waals surface area contributed by atoms with E-state index < -0.39 is 67.1 Å². The molecular weight excluding hydrogens is 843 g/mol. The third kappa shape index (κ3) is 14.0. The van der Waals surface area contributed by atoms with Gasteiger partial charge in [0.15, 0.2) is 12.5 Å². The molecule has 2 N–H and O–H groups in total. The largest absolute Gasteiger partial charge is 0.374 e. The first-order valence-electron chi connectivity index (χ1n) is 22.1. The predicted molar refractivity (Wildman–Crippen MR) is 244 cm³/mol. The van der Waals surface area contributed by atoms with Crippen molar-refractivity contribution in [3.8, 4) is 0 Å². The van der Waals surface area contributed by atoms with Crippen molar-refractivity contribution < 1.29 is 47.5 Å². The maximum absolute atomic E-state index is 13.3. The van der Waals surface area contributed by atoms with Crippen LogP contribution in [0.3, 0.4) is 0 Å². The summed E-state index contributed by atoms with van der Waals surface area (Å²) in [6.45, 7) is 3.76. The van der Waals surface area contributed by atoms with Crippen LogP contribution >= 0.6 is 0 Å². The molecule has 346 valence electrons. The molecule has 5 aromatic carbocycles. The van der Waals surface area contributed by atoms with Crippen molar-refractivity contribution in [3.05, 3.63) is 190 Å². The molecule has 0 aromatic heterocycles. The molecule has 0 saturated carbocycles. The highest BCUT2D eigenvalue weighted by Gasteiger charge is 2.54. The van der Waals surface area contributed by atoms with E-state index in [9.17, 15) is 15.1 Å². The Bertz CT molecular complexity index is 2260. The summed E-state index contributed by atoms with van der Waals surface area (Å²) < 4.78 is 53.6. The zero-order valence-corrected chi connectivity index (χ0v) is 37.1. The molecule has 2 aliphatic rings. The van der Waals surface area contributed by atoms with E-state index in [-0.39, 0.29) is 52.2 Å². The Morgan fingerprint density at radius 3 is 1.29 bits per heavy atom. The fraction of sp³-hybridized carbons (Fsp3) is 0.373. The van der Waals surface area contributed by atoms with Crippen LogP contribution in [0.5, 0.6) is 0 Å². The van der Waals surface area contributed by atoms with E-state index in [1.807, 2.05) is 152 Å². The van der Waals surface area contributed by atoms with Crippen molar-refractivity contribution in [2.24, 2.45) is 5.11 Å². The van der Waals surface area contributed by atoms with Gasteiger partial charge in [0.2, 0.25) is 11.8 Å². The Labute approximate surface area is 385 Å². The normalized spacial score (nSPS) is 25.0. The minimum atomic E-state index is -1.25. The summed E-state index contributed by atoms with van der Waals surface area (Å²) in [5, 5.41) is 9.96. The van der Waals surface area contributed by atoms with Gasteiger partial charge >= 0.3 is 0 Å². The Morgan fingerprint density at radius 2 is 0.879 bits per heavy atom. The van der Waals surface area contributed by atoms with Gasteiger partial charge in [-0.3, -0.25) is 9.59 Å². The second-order valence-corrected chi connectivity index (χ2v) is 16.2. The first-order valence-corrected chi connectivity index (χ1v) is 22.1. The van der Waals surface area contributed by atoms with Crippen LogP contribution in [0, 0.1) is 0 Å². The van der Waals surface area contributed by atoms with Crippen molar-refractivity contribution in [2.75, 3.05) is 13.2 Å². The lowest BCUT2D eigenvalue weighted by Crippen LogP contribution is -2.69. The van der Waals surface area contributed by atoms with E-state index in [4.69, 9.17) is 37.9 Å². The van der Waals surface area contributed by atoms with Gasteiger partial charge in [-0.05, 0) is 33.3 Å². The van der Waals surface area contributed by atoms with Gasteiger partial charge in [0.1, 0.15) is 42.7 Å². The number of amides is 2. The van der Waals surface area contributed by atoms with Crippen LogP contribution in [-0.2, 0) is 80.5 Å². The molecule has 2 aliphatic heterocycles. The quantitative estimate of drug-likeness (QED) is 0.0406. The van der Waals surface area contributed by atoms with Gasteiger partial charge in [-0.15, -0.1) is 0 Å². The van der Waals surface area contributed by atoms with Crippen LogP contribution < -0.4 is 10.6 Å². The summed E-state index contributed by atoms with van der Waals surface area (Å²) in [7, 11) is 0. The predicted octanol–water partition coefficient (Wildman–Crippen LogP) is 7.33. The number of hydrogen-bond donors (Lipinski definition) is 2. The summed E-state index contributed by atoms with van der Waals surface area (Å²) in [5.74, 6) is -0.786. The number of ether oxygens (including phenoxy) is 8. The summed E-state index contributed by atoms with van der Waals surface area (Å²) in [5.41, 5.74) is 14.3. The Morgan fingerprint density at radius 1 is 0.515 bits per heavy atom. The summed E-state index contributed by atoms with van der Waals surface area (Å²) in [6, 6.07) is 46.4. The lowest BCUT2D eigenvalue weighted by Gasteiger charge is -2.50. The molecular formula is C51H57N5O10. The summed E-state index contributed by atoms with van der Waals surface area (Å²) >= 11 is 0. The molecule has 2 saturated heterocycles. The van der Waals surface area contributed by atoms with E-state index in [1.54, 1.807) is 0 Å². The number of rotatable bonds is 22. The zero-order valence-electron chi connectivity index (χ0n) is 37.1. The number of hydrogen-bond acceptors (Lipinski definition) is 11. The molecule has 0 unspecified atom stereocenters. The van der Waals surface area contributed by atoms with Crippen LogP contribution in [-0.4, -0.2) is 86.3 Å². The first kappa shape index (κ1) is 48.0. The third-order valence-corrected chi connectivity index (χ3v) is 11.2. The highest BCUT2D eigenvalue weighted by atomic mass is 16.7. The molecule has 0 bridgehead atoms. The number of carbonyl (C=O) groups is 2. The number of nitrogens with one attached hydrogen (secondary N) is 2. The molecule has 0 radical (unpaired) electrons. The smallest absolute Gasteiger partial charge is 0.217 e. The van der Waals surface area contributed by atoms with Crippen molar-refractivity contribution in [3.63, 3.8) is 0 Å². The molecule has 15 nitrogen and oxygen atoms in total. The number of carbonyl (C=O) groups excluding carboxylic acids is 2. The van der Waals surface area contributed by atoms with E-state index in [0.29, 0.717) is 0 Å².